The molecule has 21 heavy (non-hydrogen) atoms. The van der Waals surface area contributed by atoms with Gasteiger partial charge in [0.25, 0.3) is 0 Å². The van der Waals surface area contributed by atoms with Gasteiger partial charge in [-0.05, 0) is 43.4 Å². The van der Waals surface area contributed by atoms with Crippen LogP contribution in [0.4, 0.5) is 0 Å². The number of Topliss-reactive ketones (excluding diaryl/α,β-unsaturated/α-hetero) is 1. The van der Waals surface area contributed by atoms with Crippen molar-refractivity contribution in [2.24, 2.45) is 5.41 Å². The van der Waals surface area contributed by atoms with Crippen molar-refractivity contribution < 1.29 is 4.79 Å². The molecule has 0 saturated carbocycles. The molecule has 1 aliphatic carbocycles. The van der Waals surface area contributed by atoms with Gasteiger partial charge in [0, 0.05) is 34.8 Å². The average Bonchev–Trinajstić information content (AvgIpc) is 2.90. The molecule has 0 atom stereocenters. The molecule has 2 heterocycles. The van der Waals surface area contributed by atoms with Crippen molar-refractivity contribution in [3.63, 3.8) is 0 Å². The molecule has 4 heteroatoms. The molecular weight excluding hydrogens is 302 g/mol. The van der Waals surface area contributed by atoms with Crippen LogP contribution < -0.4 is 0 Å². The van der Waals surface area contributed by atoms with Crippen LogP contribution in [0.5, 0.6) is 0 Å². The minimum atomic E-state index is 0.0683. The Bertz CT molecular complexity index is 696. The van der Waals surface area contributed by atoms with E-state index in [4.69, 9.17) is 11.6 Å². The Balaban J connectivity index is 1.88. The van der Waals surface area contributed by atoms with E-state index in [1.165, 1.54) is 16.3 Å². The van der Waals surface area contributed by atoms with Crippen molar-refractivity contribution in [1.29, 1.82) is 0 Å². The third-order valence-corrected chi connectivity index (χ3v) is 5.50. The van der Waals surface area contributed by atoms with Crippen LogP contribution in [0.1, 0.15) is 46.9 Å². The zero-order chi connectivity index (χ0) is 15.2. The molecule has 2 nitrogen and oxygen atoms in total. The lowest BCUT2D eigenvalue weighted by Crippen LogP contribution is -2.28. The Kier molecular flexibility index (Phi) is 3.74. The lowest BCUT2D eigenvalue weighted by Gasteiger charge is -2.29. The summed E-state index contributed by atoms with van der Waals surface area (Å²) in [6, 6.07) is 6.11. The van der Waals surface area contributed by atoms with Gasteiger partial charge in [-0.1, -0.05) is 25.4 Å². The van der Waals surface area contributed by atoms with Crippen molar-refractivity contribution in [3.8, 4) is 0 Å². The highest BCUT2D eigenvalue weighted by molar-refractivity contribution is 7.16. The van der Waals surface area contributed by atoms with E-state index in [1.54, 1.807) is 11.3 Å². The van der Waals surface area contributed by atoms with Gasteiger partial charge in [-0.3, -0.25) is 4.79 Å². The van der Waals surface area contributed by atoms with Crippen LogP contribution in [0.15, 0.2) is 18.2 Å². The fourth-order valence-electron chi connectivity index (χ4n) is 3.23. The molecule has 2 aromatic heterocycles. The van der Waals surface area contributed by atoms with E-state index in [1.807, 2.05) is 6.07 Å². The number of rotatable bonds is 3. The molecule has 0 bridgehead atoms. The van der Waals surface area contributed by atoms with E-state index >= 15 is 0 Å². The predicted molar refractivity (Wildman–Crippen MR) is 88.6 cm³/mol. The van der Waals surface area contributed by atoms with E-state index < -0.39 is 0 Å². The van der Waals surface area contributed by atoms with Crippen LogP contribution in [0.2, 0.25) is 4.34 Å². The van der Waals surface area contributed by atoms with Crippen LogP contribution in [0, 0.1) is 12.3 Å². The van der Waals surface area contributed by atoms with Gasteiger partial charge in [-0.25, -0.2) is 0 Å². The van der Waals surface area contributed by atoms with Gasteiger partial charge in [-0.15, -0.1) is 11.3 Å². The summed E-state index contributed by atoms with van der Waals surface area (Å²) in [6.45, 7) is 7.38. The van der Waals surface area contributed by atoms with E-state index in [0.717, 1.165) is 29.3 Å². The number of carbonyl (C=O) groups is 1. The summed E-state index contributed by atoms with van der Waals surface area (Å²) in [7, 11) is 0. The molecule has 0 spiro atoms. The molecule has 0 aromatic carbocycles. The van der Waals surface area contributed by atoms with Gasteiger partial charge in [-0.2, -0.15) is 0 Å². The van der Waals surface area contributed by atoms with Crippen LogP contribution in [0.25, 0.3) is 0 Å². The Morgan fingerprint density at radius 3 is 2.76 bits per heavy atom. The van der Waals surface area contributed by atoms with E-state index in [9.17, 15) is 4.79 Å². The first-order valence-corrected chi connectivity index (χ1v) is 8.52. The minimum Gasteiger partial charge on any atom is -0.348 e. The maximum atomic E-state index is 12.3. The number of hydrogen-bond acceptors (Lipinski definition) is 2. The molecule has 1 aliphatic rings. The first kappa shape index (κ1) is 14.9. The summed E-state index contributed by atoms with van der Waals surface area (Å²) in [5, 5.41) is 0. The van der Waals surface area contributed by atoms with E-state index in [0.29, 0.717) is 12.2 Å². The number of thiophene rings is 1. The molecule has 0 aliphatic heterocycles. The monoisotopic (exact) mass is 321 g/mol. The molecule has 0 fully saturated rings. The van der Waals surface area contributed by atoms with Gasteiger partial charge >= 0.3 is 0 Å². The standard InChI is InChI=1S/C17H20ClNOS/c1-11-8-13-14(9-17(2,3)10-15(13)20)19(11)7-6-12-4-5-16(18)21-12/h4-5,8H,6-7,9-10H2,1-3H3. The number of aromatic nitrogens is 1. The Hall–Kier alpha value is -1.06. The second kappa shape index (κ2) is 5.29. The Morgan fingerprint density at radius 1 is 1.33 bits per heavy atom. The SMILES string of the molecule is Cc1cc2c(n1CCc1ccc(Cl)s1)CC(C)(C)CC2=O. The summed E-state index contributed by atoms with van der Waals surface area (Å²) >= 11 is 7.63. The fraction of sp³-hybridized carbons (Fsp3) is 0.471. The molecule has 3 rings (SSSR count). The number of carbonyl (C=O) groups excluding carboxylic acids is 1. The van der Waals surface area contributed by atoms with E-state index in [-0.39, 0.29) is 5.41 Å². The summed E-state index contributed by atoms with van der Waals surface area (Å²) in [4.78, 5) is 13.6. The zero-order valence-electron chi connectivity index (χ0n) is 12.7. The highest BCUT2D eigenvalue weighted by Crippen LogP contribution is 2.36. The Labute approximate surface area is 134 Å². The summed E-state index contributed by atoms with van der Waals surface area (Å²) < 4.78 is 3.16. The minimum absolute atomic E-state index is 0.0683. The first-order chi connectivity index (χ1) is 9.85. The second-order valence-electron chi connectivity index (χ2n) is 6.69. The topological polar surface area (TPSA) is 22.0 Å². The largest absolute Gasteiger partial charge is 0.348 e. The van der Waals surface area contributed by atoms with Crippen molar-refractivity contribution >= 4 is 28.7 Å². The van der Waals surface area contributed by atoms with Crippen LogP contribution in [-0.4, -0.2) is 10.4 Å². The quantitative estimate of drug-likeness (QED) is 0.787. The molecular formula is C17H20ClNOS. The predicted octanol–water partition coefficient (Wildman–Crippen LogP) is 4.91. The lowest BCUT2D eigenvalue weighted by atomic mass is 9.76. The third kappa shape index (κ3) is 2.95. The molecule has 0 unspecified atom stereocenters. The summed E-state index contributed by atoms with van der Waals surface area (Å²) in [6.07, 6.45) is 2.60. The zero-order valence-corrected chi connectivity index (χ0v) is 14.3. The lowest BCUT2D eigenvalue weighted by molar-refractivity contribution is 0.0910. The van der Waals surface area contributed by atoms with Gasteiger partial charge in [0.1, 0.15) is 0 Å². The van der Waals surface area contributed by atoms with E-state index in [2.05, 4.69) is 37.5 Å². The van der Waals surface area contributed by atoms with Crippen molar-refractivity contribution in [1.82, 2.24) is 4.57 Å². The first-order valence-electron chi connectivity index (χ1n) is 7.32. The van der Waals surface area contributed by atoms with Gasteiger partial charge in [0.05, 0.1) is 4.34 Å². The van der Waals surface area contributed by atoms with Gasteiger partial charge in [0.15, 0.2) is 5.78 Å². The number of aryl methyl sites for hydroxylation is 2. The van der Waals surface area contributed by atoms with Crippen molar-refractivity contribution in [3.05, 3.63) is 44.4 Å². The summed E-state index contributed by atoms with van der Waals surface area (Å²) in [5.74, 6) is 0.294. The number of nitrogens with zero attached hydrogens (tertiary/aromatic N) is 1. The maximum absolute atomic E-state index is 12.3. The normalized spacial score (nSPS) is 17.0. The molecule has 0 N–H and O–H groups in total. The van der Waals surface area contributed by atoms with Gasteiger partial charge < -0.3 is 4.57 Å². The third-order valence-electron chi connectivity index (χ3n) is 4.21. The average molecular weight is 322 g/mol. The fourth-order valence-corrected chi connectivity index (χ4v) is 4.30. The highest BCUT2D eigenvalue weighted by Gasteiger charge is 2.33. The molecule has 112 valence electrons. The maximum Gasteiger partial charge on any atom is 0.165 e. The second-order valence-corrected chi connectivity index (χ2v) is 8.49. The Morgan fingerprint density at radius 2 is 2.10 bits per heavy atom. The number of ketones is 1. The van der Waals surface area contributed by atoms with Crippen LogP contribution in [0.3, 0.4) is 0 Å². The van der Waals surface area contributed by atoms with Crippen molar-refractivity contribution in [2.75, 3.05) is 0 Å². The smallest absolute Gasteiger partial charge is 0.165 e. The molecule has 0 radical (unpaired) electrons. The number of hydrogen-bond donors (Lipinski definition) is 0. The highest BCUT2D eigenvalue weighted by atomic mass is 35.5. The van der Waals surface area contributed by atoms with Gasteiger partial charge in [0.2, 0.25) is 0 Å². The molecule has 2 aromatic rings. The summed E-state index contributed by atoms with van der Waals surface area (Å²) in [5.41, 5.74) is 3.42. The van der Waals surface area contributed by atoms with Crippen LogP contribution in [-0.2, 0) is 19.4 Å². The molecule has 0 amide bonds. The number of fused-ring (bicyclic) bond motifs is 1. The van der Waals surface area contributed by atoms with Crippen LogP contribution >= 0.6 is 22.9 Å². The molecule has 0 saturated heterocycles. The number of halogens is 1. The van der Waals surface area contributed by atoms with Crippen molar-refractivity contribution in [2.45, 2.75) is 46.6 Å².